The molecule has 5 nitrogen and oxygen atoms in total. The van der Waals surface area contributed by atoms with Gasteiger partial charge in [-0.15, -0.1) is 0 Å². The quantitative estimate of drug-likeness (QED) is 0.658. The molecular formula is C16H15BrN4O. The molecule has 3 rings (SSSR count). The Labute approximate surface area is 136 Å². The van der Waals surface area contributed by atoms with Crippen molar-refractivity contribution in [2.75, 3.05) is 11.9 Å². The zero-order valence-corrected chi connectivity index (χ0v) is 13.6. The maximum atomic E-state index is 11.6. The number of aromatic amines is 1. The molecule has 112 valence electrons. The minimum absolute atomic E-state index is 0.277. The van der Waals surface area contributed by atoms with E-state index in [1.54, 1.807) is 0 Å². The van der Waals surface area contributed by atoms with Gasteiger partial charge in [-0.25, -0.2) is 9.78 Å². The van der Waals surface area contributed by atoms with Crippen molar-refractivity contribution in [3.63, 3.8) is 0 Å². The molecule has 0 atom stereocenters. The number of urea groups is 1. The highest BCUT2D eigenvalue weighted by Gasteiger charge is 2.10. The van der Waals surface area contributed by atoms with Gasteiger partial charge in [0, 0.05) is 11.0 Å². The van der Waals surface area contributed by atoms with E-state index in [1.165, 1.54) is 0 Å². The number of nitrogens with one attached hydrogen (secondary N) is 3. The number of amides is 2. The first-order valence-electron chi connectivity index (χ1n) is 6.97. The van der Waals surface area contributed by atoms with E-state index in [0.717, 1.165) is 26.6 Å². The largest absolute Gasteiger partial charge is 0.338 e. The van der Waals surface area contributed by atoms with Crippen molar-refractivity contribution in [2.24, 2.45) is 0 Å². The Morgan fingerprint density at radius 3 is 2.73 bits per heavy atom. The van der Waals surface area contributed by atoms with Crippen molar-refractivity contribution in [3.8, 4) is 11.1 Å². The van der Waals surface area contributed by atoms with Crippen LogP contribution in [-0.4, -0.2) is 22.5 Å². The highest BCUT2D eigenvalue weighted by atomic mass is 79.9. The van der Waals surface area contributed by atoms with Crippen LogP contribution in [0.5, 0.6) is 0 Å². The van der Waals surface area contributed by atoms with Gasteiger partial charge in [0.05, 0.1) is 5.52 Å². The Bertz CT molecular complexity index is 814. The molecule has 0 aliphatic heterocycles. The summed E-state index contributed by atoms with van der Waals surface area (Å²) < 4.78 is 0.879. The second kappa shape index (κ2) is 6.19. The van der Waals surface area contributed by atoms with Gasteiger partial charge in [-0.2, -0.15) is 0 Å². The van der Waals surface area contributed by atoms with Crippen LogP contribution in [0.4, 0.5) is 10.7 Å². The molecule has 2 amide bonds. The third-order valence-corrected chi connectivity index (χ3v) is 3.82. The summed E-state index contributed by atoms with van der Waals surface area (Å²) >= 11 is 3.54. The van der Waals surface area contributed by atoms with Gasteiger partial charge in [0.1, 0.15) is 5.52 Å². The fourth-order valence-corrected chi connectivity index (χ4v) is 2.79. The number of hydrogen-bond acceptors (Lipinski definition) is 2. The van der Waals surface area contributed by atoms with Crippen LogP contribution in [0.1, 0.15) is 6.92 Å². The zero-order chi connectivity index (χ0) is 15.5. The minimum Gasteiger partial charge on any atom is -0.338 e. The van der Waals surface area contributed by atoms with Gasteiger partial charge in [-0.05, 0) is 46.1 Å². The van der Waals surface area contributed by atoms with E-state index >= 15 is 0 Å². The summed E-state index contributed by atoms with van der Waals surface area (Å²) in [5.74, 6) is 0.423. The Morgan fingerprint density at radius 2 is 2.00 bits per heavy atom. The second-order valence-electron chi connectivity index (χ2n) is 4.79. The van der Waals surface area contributed by atoms with Gasteiger partial charge in [0.25, 0.3) is 0 Å². The Morgan fingerprint density at radius 1 is 1.23 bits per heavy atom. The molecule has 2 aromatic carbocycles. The molecule has 0 unspecified atom stereocenters. The number of halogens is 1. The van der Waals surface area contributed by atoms with Crippen LogP contribution >= 0.6 is 15.9 Å². The SMILES string of the molecule is CCNC(=O)Nc1nc2c(Br)cc(-c3ccccc3)cc2[nH]1. The molecule has 0 aliphatic carbocycles. The van der Waals surface area contributed by atoms with E-state index < -0.39 is 0 Å². The fourth-order valence-electron chi connectivity index (χ4n) is 2.24. The molecular weight excluding hydrogens is 344 g/mol. The highest BCUT2D eigenvalue weighted by molar-refractivity contribution is 9.10. The van der Waals surface area contributed by atoms with Crippen molar-refractivity contribution in [3.05, 3.63) is 46.9 Å². The third kappa shape index (κ3) is 2.96. The lowest BCUT2D eigenvalue weighted by molar-refractivity contribution is 0.252. The van der Waals surface area contributed by atoms with Crippen LogP contribution in [0.25, 0.3) is 22.2 Å². The van der Waals surface area contributed by atoms with E-state index in [1.807, 2.05) is 37.3 Å². The van der Waals surface area contributed by atoms with E-state index in [9.17, 15) is 4.79 Å². The van der Waals surface area contributed by atoms with Crippen LogP contribution in [0.3, 0.4) is 0 Å². The molecule has 0 spiro atoms. The molecule has 0 radical (unpaired) electrons. The number of fused-ring (bicyclic) bond motifs is 1. The number of rotatable bonds is 3. The summed E-state index contributed by atoms with van der Waals surface area (Å²) in [7, 11) is 0. The van der Waals surface area contributed by atoms with Crippen molar-refractivity contribution in [1.29, 1.82) is 0 Å². The third-order valence-electron chi connectivity index (χ3n) is 3.22. The van der Waals surface area contributed by atoms with E-state index in [-0.39, 0.29) is 6.03 Å². The Balaban J connectivity index is 1.98. The monoisotopic (exact) mass is 358 g/mol. The van der Waals surface area contributed by atoms with Gasteiger partial charge in [0.15, 0.2) is 0 Å². The first-order chi connectivity index (χ1) is 10.7. The average Bonchev–Trinajstić information content (AvgIpc) is 2.91. The molecule has 3 N–H and O–H groups in total. The number of aromatic nitrogens is 2. The van der Waals surface area contributed by atoms with Crippen molar-refractivity contribution in [2.45, 2.75) is 6.92 Å². The standard InChI is InChI=1S/C16H15BrN4O/c1-2-18-16(22)21-15-19-13-9-11(8-12(17)14(13)20-15)10-6-4-3-5-7-10/h3-9H,2H2,1H3,(H3,18,19,20,21,22). The van der Waals surface area contributed by atoms with Crippen LogP contribution < -0.4 is 10.6 Å². The first-order valence-corrected chi connectivity index (χ1v) is 7.76. The summed E-state index contributed by atoms with van der Waals surface area (Å²) in [6.45, 7) is 2.43. The molecule has 0 bridgehead atoms. The van der Waals surface area contributed by atoms with E-state index in [4.69, 9.17) is 0 Å². The smallest absolute Gasteiger partial charge is 0.321 e. The number of carbonyl (C=O) groups is 1. The normalized spacial score (nSPS) is 10.6. The topological polar surface area (TPSA) is 69.8 Å². The summed E-state index contributed by atoms with van der Waals surface area (Å²) in [6.07, 6.45) is 0. The second-order valence-corrected chi connectivity index (χ2v) is 5.64. The molecule has 3 aromatic rings. The number of nitrogens with zero attached hydrogens (tertiary/aromatic N) is 1. The number of hydrogen-bond donors (Lipinski definition) is 3. The first kappa shape index (κ1) is 14.6. The fraction of sp³-hybridized carbons (Fsp3) is 0.125. The lowest BCUT2D eigenvalue weighted by atomic mass is 10.1. The summed E-state index contributed by atoms with van der Waals surface area (Å²) in [5.41, 5.74) is 3.85. The maximum Gasteiger partial charge on any atom is 0.321 e. The number of H-pyrrole nitrogens is 1. The molecule has 1 aromatic heterocycles. The van der Waals surface area contributed by atoms with Gasteiger partial charge in [0.2, 0.25) is 5.95 Å². The van der Waals surface area contributed by atoms with Crippen molar-refractivity contribution < 1.29 is 4.79 Å². The van der Waals surface area contributed by atoms with Crippen LogP contribution in [0.2, 0.25) is 0 Å². The summed E-state index contributed by atoms with van der Waals surface area (Å²) in [4.78, 5) is 19.1. The van der Waals surface area contributed by atoms with Crippen molar-refractivity contribution in [1.82, 2.24) is 15.3 Å². The van der Waals surface area contributed by atoms with Crippen LogP contribution in [0, 0.1) is 0 Å². The molecule has 0 aliphatic rings. The number of imidazole rings is 1. The van der Waals surface area contributed by atoms with Crippen molar-refractivity contribution >= 4 is 38.9 Å². The molecule has 22 heavy (non-hydrogen) atoms. The predicted molar refractivity (Wildman–Crippen MR) is 91.9 cm³/mol. The number of carbonyl (C=O) groups excluding carboxylic acids is 1. The van der Waals surface area contributed by atoms with E-state index in [0.29, 0.717) is 12.5 Å². The minimum atomic E-state index is -0.277. The van der Waals surface area contributed by atoms with Gasteiger partial charge >= 0.3 is 6.03 Å². The Kier molecular flexibility index (Phi) is 4.11. The van der Waals surface area contributed by atoms with Gasteiger partial charge < -0.3 is 10.3 Å². The molecule has 0 saturated carbocycles. The average molecular weight is 359 g/mol. The van der Waals surface area contributed by atoms with Gasteiger partial charge in [-0.1, -0.05) is 30.3 Å². The molecule has 0 saturated heterocycles. The highest BCUT2D eigenvalue weighted by Crippen LogP contribution is 2.30. The van der Waals surface area contributed by atoms with E-state index in [2.05, 4.69) is 48.7 Å². The number of anilines is 1. The molecule has 1 heterocycles. The predicted octanol–water partition coefficient (Wildman–Crippen LogP) is 4.13. The summed E-state index contributed by atoms with van der Waals surface area (Å²) in [5, 5.41) is 5.35. The zero-order valence-electron chi connectivity index (χ0n) is 12.0. The lowest BCUT2D eigenvalue weighted by Crippen LogP contribution is -2.28. The maximum absolute atomic E-state index is 11.6. The Hall–Kier alpha value is -2.34. The lowest BCUT2D eigenvalue weighted by Gasteiger charge is -2.02. The van der Waals surface area contributed by atoms with Gasteiger partial charge in [-0.3, -0.25) is 5.32 Å². The van der Waals surface area contributed by atoms with Crippen LogP contribution in [0.15, 0.2) is 46.9 Å². The molecule has 0 fully saturated rings. The van der Waals surface area contributed by atoms with Crippen LogP contribution in [-0.2, 0) is 0 Å². The number of benzene rings is 2. The molecule has 6 heteroatoms. The summed E-state index contributed by atoms with van der Waals surface area (Å²) in [6, 6.07) is 13.9.